The third-order valence-corrected chi connectivity index (χ3v) is 5.03. The van der Waals surface area contributed by atoms with Gasteiger partial charge in [-0.05, 0) is 38.0 Å². The molecule has 0 saturated heterocycles. The van der Waals surface area contributed by atoms with E-state index in [1.165, 1.54) is 19.3 Å². The fourth-order valence-corrected chi connectivity index (χ4v) is 3.55. The molecule has 18 heavy (non-hydrogen) atoms. The van der Waals surface area contributed by atoms with Gasteiger partial charge in [0.25, 0.3) is 0 Å². The van der Waals surface area contributed by atoms with Crippen molar-refractivity contribution in [2.75, 3.05) is 6.54 Å². The van der Waals surface area contributed by atoms with E-state index in [0.717, 1.165) is 44.4 Å². The summed E-state index contributed by atoms with van der Waals surface area (Å²) in [7, 11) is 0. The van der Waals surface area contributed by atoms with E-state index >= 15 is 0 Å². The molecule has 2 atom stereocenters. The van der Waals surface area contributed by atoms with Crippen molar-refractivity contribution in [1.29, 1.82) is 0 Å². The molecule has 2 fully saturated rings. The topological polar surface area (TPSA) is 55.1 Å². The highest BCUT2D eigenvalue weighted by atomic mass is 16.2. The Balaban J connectivity index is 1.90. The first-order chi connectivity index (χ1) is 8.66. The van der Waals surface area contributed by atoms with E-state index in [4.69, 9.17) is 5.73 Å². The van der Waals surface area contributed by atoms with Crippen LogP contribution in [0, 0.1) is 11.3 Å². The van der Waals surface area contributed by atoms with Crippen LogP contribution < -0.4 is 11.1 Å². The van der Waals surface area contributed by atoms with Gasteiger partial charge in [-0.3, -0.25) is 4.79 Å². The summed E-state index contributed by atoms with van der Waals surface area (Å²) in [6, 6.07) is 0.395. The Morgan fingerprint density at radius 1 is 1.17 bits per heavy atom. The number of nitrogens with two attached hydrogens (primary N) is 1. The largest absolute Gasteiger partial charge is 0.353 e. The number of nitrogens with one attached hydrogen (secondary N) is 1. The molecule has 0 aromatic carbocycles. The van der Waals surface area contributed by atoms with Crippen molar-refractivity contribution in [3.05, 3.63) is 0 Å². The van der Waals surface area contributed by atoms with Gasteiger partial charge in [0.1, 0.15) is 0 Å². The molecular weight excluding hydrogens is 224 g/mol. The second-order valence-corrected chi connectivity index (χ2v) is 6.48. The number of hydrogen-bond acceptors (Lipinski definition) is 2. The number of carbonyl (C=O) groups excluding carboxylic acids is 1. The highest BCUT2D eigenvalue weighted by Gasteiger charge is 2.40. The summed E-state index contributed by atoms with van der Waals surface area (Å²) >= 11 is 0. The van der Waals surface area contributed by atoms with Crippen LogP contribution in [0.3, 0.4) is 0 Å². The SMILES string of the molecule is CC1CCCC(NC(=O)C2(CN)CCCC2)CC1. The normalized spacial score (nSPS) is 31.9. The van der Waals surface area contributed by atoms with E-state index in [-0.39, 0.29) is 11.3 Å². The van der Waals surface area contributed by atoms with Gasteiger partial charge >= 0.3 is 0 Å². The number of rotatable bonds is 3. The molecule has 0 aromatic rings. The van der Waals surface area contributed by atoms with Crippen LogP contribution in [0.15, 0.2) is 0 Å². The smallest absolute Gasteiger partial charge is 0.227 e. The minimum absolute atomic E-state index is 0.238. The van der Waals surface area contributed by atoms with E-state index in [1.54, 1.807) is 0 Å². The van der Waals surface area contributed by atoms with Crippen molar-refractivity contribution < 1.29 is 4.79 Å². The standard InChI is InChI=1S/C15H28N2O/c1-12-5-4-6-13(8-7-12)17-14(18)15(11-16)9-2-3-10-15/h12-13H,2-11,16H2,1H3,(H,17,18). The Morgan fingerprint density at radius 3 is 2.56 bits per heavy atom. The molecule has 104 valence electrons. The van der Waals surface area contributed by atoms with Crippen molar-refractivity contribution in [3.63, 3.8) is 0 Å². The van der Waals surface area contributed by atoms with Crippen LogP contribution in [0.25, 0.3) is 0 Å². The summed E-state index contributed by atoms with van der Waals surface area (Å²) in [5.74, 6) is 1.06. The number of carbonyl (C=O) groups is 1. The average Bonchev–Trinajstić information content (AvgIpc) is 2.77. The van der Waals surface area contributed by atoms with E-state index in [2.05, 4.69) is 12.2 Å². The second-order valence-electron chi connectivity index (χ2n) is 6.48. The van der Waals surface area contributed by atoms with Gasteiger partial charge in [0.05, 0.1) is 5.41 Å². The molecule has 0 aromatic heterocycles. The third kappa shape index (κ3) is 3.05. The maximum Gasteiger partial charge on any atom is 0.227 e. The summed E-state index contributed by atoms with van der Waals surface area (Å²) in [6.45, 7) is 2.84. The zero-order valence-electron chi connectivity index (χ0n) is 11.7. The Kier molecular flexibility index (Phi) is 4.66. The molecule has 3 heteroatoms. The van der Waals surface area contributed by atoms with E-state index in [1.807, 2.05) is 0 Å². The lowest BCUT2D eigenvalue weighted by molar-refractivity contribution is -0.131. The van der Waals surface area contributed by atoms with Gasteiger partial charge in [0, 0.05) is 12.6 Å². The Bertz CT molecular complexity index is 284. The molecule has 2 rings (SSSR count). The summed E-state index contributed by atoms with van der Waals surface area (Å²) in [5, 5.41) is 3.29. The van der Waals surface area contributed by atoms with Gasteiger partial charge in [0.2, 0.25) is 5.91 Å². The number of amides is 1. The highest BCUT2D eigenvalue weighted by molar-refractivity contribution is 5.83. The fourth-order valence-electron chi connectivity index (χ4n) is 3.55. The van der Waals surface area contributed by atoms with Crippen molar-refractivity contribution in [1.82, 2.24) is 5.32 Å². The van der Waals surface area contributed by atoms with Gasteiger partial charge in [-0.1, -0.05) is 32.6 Å². The van der Waals surface area contributed by atoms with Crippen molar-refractivity contribution >= 4 is 5.91 Å². The molecule has 3 N–H and O–H groups in total. The molecular formula is C15H28N2O. The van der Waals surface area contributed by atoms with Crippen molar-refractivity contribution in [2.45, 2.75) is 70.8 Å². The van der Waals surface area contributed by atoms with Crippen LogP contribution in [0.5, 0.6) is 0 Å². The molecule has 2 unspecified atom stereocenters. The molecule has 0 bridgehead atoms. The molecule has 2 saturated carbocycles. The van der Waals surface area contributed by atoms with Gasteiger partial charge in [-0.25, -0.2) is 0 Å². The van der Waals surface area contributed by atoms with Crippen LogP contribution in [-0.4, -0.2) is 18.5 Å². The average molecular weight is 252 g/mol. The van der Waals surface area contributed by atoms with Gasteiger partial charge in [-0.15, -0.1) is 0 Å². The first-order valence-electron chi connectivity index (χ1n) is 7.67. The maximum atomic E-state index is 12.5. The van der Waals surface area contributed by atoms with E-state index < -0.39 is 0 Å². The van der Waals surface area contributed by atoms with Gasteiger partial charge in [0.15, 0.2) is 0 Å². The first-order valence-corrected chi connectivity index (χ1v) is 7.67. The maximum absolute atomic E-state index is 12.5. The molecule has 0 radical (unpaired) electrons. The van der Waals surface area contributed by atoms with Crippen LogP contribution in [0.4, 0.5) is 0 Å². The predicted octanol–water partition coefficient (Wildman–Crippen LogP) is 2.59. The molecule has 3 nitrogen and oxygen atoms in total. The summed E-state index contributed by atoms with van der Waals surface area (Å²) in [4.78, 5) is 12.5. The third-order valence-electron chi connectivity index (χ3n) is 5.03. The molecule has 2 aliphatic carbocycles. The zero-order valence-corrected chi connectivity index (χ0v) is 11.7. The minimum atomic E-state index is -0.238. The van der Waals surface area contributed by atoms with Crippen LogP contribution in [0.2, 0.25) is 0 Å². The minimum Gasteiger partial charge on any atom is -0.353 e. The van der Waals surface area contributed by atoms with Crippen molar-refractivity contribution in [3.8, 4) is 0 Å². The molecule has 0 heterocycles. The monoisotopic (exact) mass is 252 g/mol. The van der Waals surface area contributed by atoms with E-state index in [0.29, 0.717) is 12.6 Å². The number of hydrogen-bond donors (Lipinski definition) is 2. The van der Waals surface area contributed by atoms with Crippen LogP contribution >= 0.6 is 0 Å². The molecule has 0 aliphatic heterocycles. The lowest BCUT2D eigenvalue weighted by Crippen LogP contribution is -2.47. The molecule has 1 amide bonds. The van der Waals surface area contributed by atoms with Crippen LogP contribution in [-0.2, 0) is 4.79 Å². The Hall–Kier alpha value is -0.570. The highest BCUT2D eigenvalue weighted by Crippen LogP contribution is 2.37. The zero-order chi connectivity index (χ0) is 13.0. The lowest BCUT2D eigenvalue weighted by Gasteiger charge is -2.28. The van der Waals surface area contributed by atoms with Gasteiger partial charge < -0.3 is 11.1 Å². The Morgan fingerprint density at radius 2 is 1.89 bits per heavy atom. The van der Waals surface area contributed by atoms with Gasteiger partial charge in [-0.2, -0.15) is 0 Å². The lowest BCUT2D eigenvalue weighted by atomic mass is 9.85. The molecule has 0 spiro atoms. The Labute approximate surface area is 111 Å². The quantitative estimate of drug-likeness (QED) is 0.759. The summed E-state index contributed by atoms with van der Waals surface area (Å²) in [5.41, 5.74) is 5.63. The molecule has 2 aliphatic rings. The first kappa shape index (κ1) is 13.9. The van der Waals surface area contributed by atoms with Crippen molar-refractivity contribution in [2.24, 2.45) is 17.1 Å². The van der Waals surface area contributed by atoms with Crippen LogP contribution in [0.1, 0.15) is 64.7 Å². The van der Waals surface area contributed by atoms with E-state index in [9.17, 15) is 4.79 Å². The summed E-state index contributed by atoms with van der Waals surface area (Å²) < 4.78 is 0. The predicted molar refractivity (Wildman–Crippen MR) is 74.1 cm³/mol. The fraction of sp³-hybridized carbons (Fsp3) is 0.933. The second kappa shape index (κ2) is 6.05. The summed E-state index contributed by atoms with van der Waals surface area (Å²) in [6.07, 6.45) is 10.4.